The molecule has 0 unspecified atom stereocenters. The fourth-order valence-electron chi connectivity index (χ4n) is 4.09. The van der Waals surface area contributed by atoms with Crippen LogP contribution >= 0.6 is 11.3 Å². The predicted molar refractivity (Wildman–Crippen MR) is 125 cm³/mol. The number of piperazine rings is 1. The Bertz CT molecular complexity index is 957. The van der Waals surface area contributed by atoms with Crippen LogP contribution in [-0.4, -0.2) is 43.2 Å². The van der Waals surface area contributed by atoms with E-state index in [2.05, 4.69) is 44.9 Å². The lowest BCUT2D eigenvalue weighted by molar-refractivity contribution is 0.157. The van der Waals surface area contributed by atoms with Crippen molar-refractivity contribution in [2.75, 3.05) is 36.4 Å². The van der Waals surface area contributed by atoms with Crippen LogP contribution in [0.3, 0.4) is 0 Å². The summed E-state index contributed by atoms with van der Waals surface area (Å²) < 4.78 is 13.2. The molecule has 1 saturated heterocycles. The van der Waals surface area contributed by atoms with E-state index in [0.717, 1.165) is 37.6 Å². The van der Waals surface area contributed by atoms with Gasteiger partial charge < -0.3 is 15.5 Å². The van der Waals surface area contributed by atoms with Gasteiger partial charge in [0.25, 0.3) is 0 Å². The second kappa shape index (κ2) is 9.94. The Morgan fingerprint density at radius 3 is 2.32 bits per heavy atom. The van der Waals surface area contributed by atoms with Gasteiger partial charge in [0.1, 0.15) is 5.82 Å². The van der Waals surface area contributed by atoms with Crippen LogP contribution in [0.2, 0.25) is 0 Å². The summed E-state index contributed by atoms with van der Waals surface area (Å²) in [6, 6.07) is 20.1. The average Bonchev–Trinajstić information content (AvgIpc) is 3.30. The van der Waals surface area contributed by atoms with Crippen molar-refractivity contribution in [3.05, 3.63) is 82.8 Å². The summed E-state index contributed by atoms with van der Waals surface area (Å²) in [6.07, 6.45) is 0. The third kappa shape index (κ3) is 5.42. The monoisotopic (exact) mass is 438 g/mol. The number of thiophene rings is 1. The van der Waals surface area contributed by atoms with Crippen molar-refractivity contribution in [1.82, 2.24) is 10.2 Å². The number of rotatable bonds is 6. The Kier molecular flexibility index (Phi) is 6.84. The minimum absolute atomic E-state index is 0.0697. The highest BCUT2D eigenvalue weighted by molar-refractivity contribution is 7.10. The highest BCUT2D eigenvalue weighted by atomic mass is 32.1. The van der Waals surface area contributed by atoms with Crippen LogP contribution in [0.25, 0.3) is 0 Å². The Hall–Kier alpha value is -2.90. The first kappa shape index (κ1) is 21.3. The Morgan fingerprint density at radius 2 is 1.68 bits per heavy atom. The summed E-state index contributed by atoms with van der Waals surface area (Å²) in [5, 5.41) is 8.11. The van der Waals surface area contributed by atoms with Crippen molar-refractivity contribution >= 4 is 28.7 Å². The zero-order chi connectivity index (χ0) is 21.6. The second-order valence-electron chi connectivity index (χ2n) is 7.71. The maximum atomic E-state index is 13.2. The van der Waals surface area contributed by atoms with E-state index in [9.17, 15) is 9.18 Å². The van der Waals surface area contributed by atoms with Crippen molar-refractivity contribution in [2.45, 2.75) is 19.0 Å². The lowest BCUT2D eigenvalue weighted by Crippen LogP contribution is -2.52. The molecule has 0 bridgehead atoms. The molecular formula is C24H27FN4OS. The fourth-order valence-corrected chi connectivity index (χ4v) is 5.05. The molecule has 0 saturated carbocycles. The fraction of sp³-hybridized carbons (Fsp3) is 0.292. The number of nitrogens with one attached hydrogen (secondary N) is 2. The molecule has 0 radical (unpaired) electrons. The first-order valence-corrected chi connectivity index (χ1v) is 11.4. The van der Waals surface area contributed by atoms with Crippen molar-refractivity contribution in [3.63, 3.8) is 0 Å². The molecule has 1 fully saturated rings. The quantitative estimate of drug-likeness (QED) is 0.572. The topological polar surface area (TPSA) is 47.6 Å². The number of hydrogen-bond acceptors (Lipinski definition) is 4. The lowest BCUT2D eigenvalue weighted by Gasteiger charge is -2.42. The van der Waals surface area contributed by atoms with Crippen molar-refractivity contribution < 1.29 is 9.18 Å². The molecule has 0 aliphatic carbocycles. The summed E-state index contributed by atoms with van der Waals surface area (Å²) in [7, 11) is 0. The van der Waals surface area contributed by atoms with Gasteiger partial charge >= 0.3 is 6.03 Å². The predicted octanol–water partition coefficient (Wildman–Crippen LogP) is 4.96. The van der Waals surface area contributed by atoms with E-state index in [1.54, 1.807) is 11.3 Å². The maximum Gasteiger partial charge on any atom is 0.319 e. The molecule has 7 heteroatoms. The van der Waals surface area contributed by atoms with E-state index < -0.39 is 0 Å². The number of benzene rings is 2. The highest BCUT2D eigenvalue weighted by Crippen LogP contribution is 2.30. The Labute approximate surface area is 186 Å². The number of anilines is 2. The summed E-state index contributed by atoms with van der Waals surface area (Å²) in [6.45, 7) is 5.51. The van der Waals surface area contributed by atoms with Crippen LogP contribution in [-0.2, 0) is 0 Å². The van der Waals surface area contributed by atoms with Gasteiger partial charge in [0.15, 0.2) is 0 Å². The van der Waals surface area contributed by atoms with E-state index in [4.69, 9.17) is 0 Å². The molecule has 4 rings (SSSR count). The third-order valence-corrected chi connectivity index (χ3v) is 6.54. The molecule has 1 aliphatic heterocycles. The van der Waals surface area contributed by atoms with E-state index in [1.807, 2.05) is 42.5 Å². The van der Waals surface area contributed by atoms with Crippen LogP contribution in [0.1, 0.15) is 17.8 Å². The highest BCUT2D eigenvalue weighted by Gasteiger charge is 2.31. The van der Waals surface area contributed by atoms with Gasteiger partial charge in [0.05, 0.1) is 6.04 Å². The van der Waals surface area contributed by atoms with Gasteiger partial charge in [0.2, 0.25) is 0 Å². The largest absolute Gasteiger partial charge is 0.369 e. The van der Waals surface area contributed by atoms with Crippen molar-refractivity contribution in [2.24, 2.45) is 0 Å². The second-order valence-corrected chi connectivity index (χ2v) is 8.69. The number of carbonyl (C=O) groups excluding carboxylic acids is 1. The zero-order valence-electron chi connectivity index (χ0n) is 17.5. The first-order chi connectivity index (χ1) is 15.1. The number of nitrogens with zero attached hydrogens (tertiary/aromatic N) is 2. The summed E-state index contributed by atoms with van der Waals surface area (Å²) >= 11 is 1.71. The number of hydrogen-bond donors (Lipinski definition) is 2. The zero-order valence-corrected chi connectivity index (χ0v) is 18.3. The molecule has 2 N–H and O–H groups in total. The van der Waals surface area contributed by atoms with Gasteiger partial charge in [-0.3, -0.25) is 4.90 Å². The van der Waals surface area contributed by atoms with Crippen LogP contribution in [0, 0.1) is 5.82 Å². The average molecular weight is 439 g/mol. The summed E-state index contributed by atoms with van der Waals surface area (Å²) in [4.78, 5) is 18.5. The molecule has 2 aromatic carbocycles. The van der Waals surface area contributed by atoms with Gasteiger partial charge in [0, 0.05) is 48.5 Å². The van der Waals surface area contributed by atoms with E-state index >= 15 is 0 Å². The smallest absolute Gasteiger partial charge is 0.319 e. The van der Waals surface area contributed by atoms with Crippen LogP contribution in [0.15, 0.2) is 72.1 Å². The molecule has 2 amide bonds. The number of amides is 2. The third-order valence-electron chi connectivity index (χ3n) is 5.60. The summed E-state index contributed by atoms with van der Waals surface area (Å²) in [5.41, 5.74) is 1.81. The standard InChI is InChI=1S/C24H27FN4OS/c1-18(26-24(30)27-20-6-3-2-4-7-20)23(22-8-5-17-31-22)29-15-13-28(14-16-29)21-11-9-19(25)10-12-21/h2-12,17-18,23H,13-16H2,1H3,(H2,26,27,30)/t18-,23-/m0/s1. The minimum atomic E-state index is -0.214. The van der Waals surface area contributed by atoms with Gasteiger partial charge in [-0.2, -0.15) is 0 Å². The molecule has 5 nitrogen and oxygen atoms in total. The molecule has 2 atom stereocenters. The molecule has 2 heterocycles. The lowest BCUT2D eigenvalue weighted by atomic mass is 10.0. The number of halogens is 1. The molecule has 0 spiro atoms. The van der Waals surface area contributed by atoms with Crippen molar-refractivity contribution in [1.29, 1.82) is 0 Å². The van der Waals surface area contributed by atoms with E-state index in [-0.39, 0.29) is 23.9 Å². The number of carbonyl (C=O) groups is 1. The van der Waals surface area contributed by atoms with Gasteiger partial charge in [-0.15, -0.1) is 11.3 Å². The molecule has 3 aromatic rings. The normalized spacial score (nSPS) is 16.5. The minimum Gasteiger partial charge on any atom is -0.369 e. The SMILES string of the molecule is C[C@H](NC(=O)Nc1ccccc1)[C@@H](c1cccs1)N1CCN(c2ccc(F)cc2)CC1. The van der Waals surface area contributed by atoms with E-state index in [0.29, 0.717) is 0 Å². The Morgan fingerprint density at radius 1 is 0.968 bits per heavy atom. The van der Waals surface area contributed by atoms with Gasteiger partial charge in [-0.05, 0) is 54.8 Å². The molecule has 31 heavy (non-hydrogen) atoms. The summed E-state index contributed by atoms with van der Waals surface area (Å²) in [5.74, 6) is -0.214. The number of para-hydroxylation sites is 1. The van der Waals surface area contributed by atoms with Crippen LogP contribution in [0.5, 0.6) is 0 Å². The van der Waals surface area contributed by atoms with Crippen LogP contribution in [0.4, 0.5) is 20.6 Å². The molecule has 162 valence electrons. The van der Waals surface area contributed by atoms with Gasteiger partial charge in [-0.25, -0.2) is 9.18 Å². The van der Waals surface area contributed by atoms with E-state index in [1.165, 1.54) is 17.0 Å². The molecule has 1 aromatic heterocycles. The van der Waals surface area contributed by atoms with Crippen LogP contribution < -0.4 is 15.5 Å². The van der Waals surface area contributed by atoms with Gasteiger partial charge in [-0.1, -0.05) is 24.3 Å². The first-order valence-electron chi connectivity index (χ1n) is 10.5. The Balaban J connectivity index is 1.41. The molecule has 1 aliphatic rings. The molecular weight excluding hydrogens is 411 g/mol. The maximum absolute atomic E-state index is 13.2. The number of urea groups is 1. The van der Waals surface area contributed by atoms with Crippen molar-refractivity contribution in [3.8, 4) is 0 Å².